The van der Waals surface area contributed by atoms with E-state index in [1.807, 2.05) is 45.4 Å². The molecule has 2 saturated heterocycles. The van der Waals surface area contributed by atoms with Gasteiger partial charge in [-0.25, -0.2) is 24.7 Å². The lowest BCUT2D eigenvalue weighted by molar-refractivity contribution is -0.123. The van der Waals surface area contributed by atoms with E-state index in [-0.39, 0.29) is 55.6 Å². The fourth-order valence-electron chi connectivity index (χ4n) is 11.0. The summed E-state index contributed by atoms with van der Waals surface area (Å²) in [5, 5.41) is 63.8. The molecule has 8 atom stereocenters. The Labute approximate surface area is 438 Å². The van der Waals surface area contributed by atoms with Gasteiger partial charge in [-0.05, 0) is 38.5 Å². The predicted octanol–water partition coefficient (Wildman–Crippen LogP) is 0.438. The van der Waals surface area contributed by atoms with Gasteiger partial charge in [0.2, 0.25) is 23.7 Å². The molecule has 76 heavy (non-hydrogen) atoms. The summed E-state index contributed by atoms with van der Waals surface area (Å²) in [6.07, 6.45) is 10.9. The van der Waals surface area contributed by atoms with Gasteiger partial charge < -0.3 is 80.4 Å². The third-order valence-electron chi connectivity index (χ3n) is 15.3. The topological polar surface area (TPSA) is 334 Å². The van der Waals surface area contributed by atoms with E-state index in [2.05, 4.69) is 41.9 Å². The molecule has 0 radical (unpaired) electrons. The van der Waals surface area contributed by atoms with Gasteiger partial charge in [0, 0.05) is 104 Å². The number of carbonyl (C=O) groups excluding carboxylic acids is 3. The maximum atomic E-state index is 14.1. The normalized spacial score (nSPS) is 24.4. The molecular formula is C49H70N20O7. The van der Waals surface area contributed by atoms with Crippen molar-refractivity contribution in [3.05, 3.63) is 49.1 Å². The second-order valence-corrected chi connectivity index (χ2v) is 20.6. The summed E-state index contributed by atoms with van der Waals surface area (Å²) in [7, 11) is 3.83. The third kappa shape index (κ3) is 11.2. The fourth-order valence-corrected chi connectivity index (χ4v) is 11.0. The molecule has 0 unspecified atom stereocenters. The molecule has 4 aliphatic rings. The molecule has 6 aromatic heterocycles. The van der Waals surface area contributed by atoms with Gasteiger partial charge in [0.15, 0.2) is 34.0 Å². The van der Waals surface area contributed by atoms with Gasteiger partial charge in [-0.15, -0.1) is 0 Å². The fraction of sp³-hybridized carbons (Fsp3) is 0.612. The minimum Gasteiger partial charge on any atom is -0.388 e. The summed E-state index contributed by atoms with van der Waals surface area (Å²) >= 11 is 0. The van der Waals surface area contributed by atoms with E-state index >= 15 is 0 Å². The van der Waals surface area contributed by atoms with E-state index in [0.717, 1.165) is 11.4 Å². The molecule has 6 aromatic rings. The lowest BCUT2D eigenvalue weighted by Crippen LogP contribution is -2.51. The Kier molecular flexibility index (Phi) is 15.5. The molecule has 27 heteroatoms. The molecule has 10 rings (SSSR count). The van der Waals surface area contributed by atoms with Gasteiger partial charge in [-0.1, -0.05) is 13.8 Å². The second kappa shape index (κ2) is 22.5. The van der Waals surface area contributed by atoms with Gasteiger partial charge in [0.1, 0.15) is 24.4 Å². The highest BCUT2D eigenvalue weighted by atomic mass is 16.3. The van der Waals surface area contributed by atoms with Gasteiger partial charge in [-0.2, -0.15) is 19.9 Å². The largest absolute Gasteiger partial charge is 0.388 e. The SMILES string of the molecule is CCC(=O)N[C@H]1C[C@@H](n2cnc3c(NC4CCN(C(=O)N5CCC(Nc6nc(NCCc7cn(C)cn7)nc7c6ncn7[C@@H]6C[C@H](NC(=O)CC)[C@@H](O)[C@H]6O)CC5)CC4)nc(NCCc4cn(C)cn4)nc32)[C@H](O)[C@@H]1O. The van der Waals surface area contributed by atoms with Crippen LogP contribution >= 0.6 is 0 Å². The van der Waals surface area contributed by atoms with Crippen molar-refractivity contribution in [1.29, 1.82) is 0 Å². The van der Waals surface area contributed by atoms with Crippen molar-refractivity contribution < 1.29 is 34.8 Å². The summed E-state index contributed by atoms with van der Waals surface area (Å²) < 4.78 is 7.28. The highest BCUT2D eigenvalue weighted by molar-refractivity contribution is 5.86. The summed E-state index contributed by atoms with van der Waals surface area (Å²) in [6, 6.07) is -2.58. The molecule has 4 amide bonds. The summed E-state index contributed by atoms with van der Waals surface area (Å²) in [4.78, 5) is 80.1. The Balaban J connectivity index is 0.782. The number of anilines is 4. The van der Waals surface area contributed by atoms with Gasteiger partial charge in [-0.3, -0.25) is 9.59 Å². The first-order chi connectivity index (χ1) is 36.7. The number of nitrogens with zero attached hydrogens (tertiary/aromatic N) is 14. The van der Waals surface area contributed by atoms with Crippen molar-refractivity contribution in [2.24, 2.45) is 14.1 Å². The molecule has 0 bridgehead atoms. The molecule has 408 valence electrons. The lowest BCUT2D eigenvalue weighted by Gasteiger charge is -2.39. The Morgan fingerprint density at radius 2 is 0.974 bits per heavy atom. The summed E-state index contributed by atoms with van der Waals surface area (Å²) in [5.41, 5.74) is 3.75. The van der Waals surface area contributed by atoms with E-state index in [9.17, 15) is 34.8 Å². The number of urea groups is 1. The molecule has 8 heterocycles. The third-order valence-corrected chi connectivity index (χ3v) is 15.3. The summed E-state index contributed by atoms with van der Waals surface area (Å²) in [6.45, 7) is 6.59. The zero-order chi connectivity index (χ0) is 53.2. The van der Waals surface area contributed by atoms with Crippen LogP contribution in [-0.4, -0.2) is 194 Å². The molecular weight excluding hydrogens is 981 g/mol. The number of amides is 4. The van der Waals surface area contributed by atoms with Crippen molar-refractivity contribution in [2.75, 3.05) is 60.5 Å². The summed E-state index contributed by atoms with van der Waals surface area (Å²) in [5.74, 6) is 1.30. The number of hydrogen-bond acceptors (Lipinski definition) is 19. The maximum absolute atomic E-state index is 14.1. The van der Waals surface area contributed by atoms with E-state index in [0.29, 0.717) is 124 Å². The molecule has 27 nitrogen and oxygen atoms in total. The molecule has 2 saturated carbocycles. The number of rotatable bonds is 18. The standard InChI is InChI=1S/C49H70N20O7/c1-5-35(70)58-31-19-33(41(74)39(31)72)68-25-54-37-43(60-47(62-45(37)68)50-13-7-29-21-64(3)23-52-29)56-27-9-15-66(16-10-27)49(76)67-17-11-28(12-18-67)57-44-38-46(63-48(61-44)51-14-8-30-22-65(4)24-53-30)69(26-55-38)34-20-32(40(73)42(34)75)59-36(71)6-2/h21-28,31-34,39-42,72-75H,5-20H2,1-4H3,(H,58,70)(H,59,71)(H2,50,56,60,62)(H2,51,57,61,63)/t31-,32-,33+,34+,39+,40+,41-,42-/m0/s1. The zero-order valence-corrected chi connectivity index (χ0v) is 43.3. The molecule has 10 N–H and O–H groups in total. The van der Waals surface area contributed by atoms with Crippen LogP contribution in [0.25, 0.3) is 22.3 Å². The van der Waals surface area contributed by atoms with E-state index in [4.69, 9.17) is 29.9 Å². The Bertz CT molecular complexity index is 2800. The van der Waals surface area contributed by atoms with Gasteiger partial charge in [0.25, 0.3) is 0 Å². The molecule has 0 spiro atoms. The number of aliphatic hydroxyl groups is 4. The van der Waals surface area contributed by atoms with Crippen LogP contribution in [0.15, 0.2) is 37.7 Å². The number of piperidine rings is 2. The van der Waals surface area contributed by atoms with E-state index in [1.54, 1.807) is 48.3 Å². The van der Waals surface area contributed by atoms with Crippen LogP contribution in [0, 0.1) is 0 Å². The minimum atomic E-state index is -1.17. The molecule has 0 aromatic carbocycles. The van der Waals surface area contributed by atoms with Crippen molar-refractivity contribution in [3.8, 4) is 0 Å². The van der Waals surface area contributed by atoms with Crippen LogP contribution < -0.4 is 31.9 Å². The average molecular weight is 1050 g/mol. The van der Waals surface area contributed by atoms with Gasteiger partial charge >= 0.3 is 6.03 Å². The molecule has 2 aliphatic heterocycles. The monoisotopic (exact) mass is 1050 g/mol. The number of hydrogen-bond donors (Lipinski definition) is 10. The zero-order valence-electron chi connectivity index (χ0n) is 43.3. The first kappa shape index (κ1) is 52.2. The number of aromatic nitrogens is 12. The number of nitrogens with one attached hydrogen (secondary N) is 6. The number of imidazole rings is 4. The Morgan fingerprint density at radius 3 is 1.34 bits per heavy atom. The average Bonchev–Trinajstić information content (AvgIpc) is 4.31. The minimum absolute atomic E-state index is 0.0153. The number of carbonyl (C=O) groups is 3. The van der Waals surface area contributed by atoms with E-state index in [1.165, 1.54) is 0 Å². The smallest absolute Gasteiger partial charge is 0.320 e. The van der Waals surface area contributed by atoms with Crippen LogP contribution in [0.3, 0.4) is 0 Å². The number of aryl methyl sites for hydroxylation is 2. The maximum Gasteiger partial charge on any atom is 0.320 e. The highest BCUT2D eigenvalue weighted by Gasteiger charge is 2.45. The Hall–Kier alpha value is -7.23. The quantitative estimate of drug-likeness (QED) is 0.0558. The van der Waals surface area contributed by atoms with Crippen LogP contribution in [0.5, 0.6) is 0 Å². The van der Waals surface area contributed by atoms with Crippen LogP contribution in [0.4, 0.5) is 28.3 Å². The van der Waals surface area contributed by atoms with Crippen LogP contribution in [0.1, 0.15) is 88.7 Å². The number of likely N-dealkylation sites (tertiary alicyclic amines) is 2. The molecule has 2 aliphatic carbocycles. The first-order valence-corrected chi connectivity index (χ1v) is 26.5. The lowest BCUT2D eigenvalue weighted by atomic mass is 10.0. The predicted molar refractivity (Wildman–Crippen MR) is 279 cm³/mol. The van der Waals surface area contributed by atoms with Crippen LogP contribution in [0.2, 0.25) is 0 Å². The van der Waals surface area contributed by atoms with Crippen molar-refractivity contribution in [1.82, 2.24) is 78.6 Å². The van der Waals surface area contributed by atoms with E-state index < -0.39 is 48.6 Å². The second-order valence-electron chi connectivity index (χ2n) is 20.6. The Morgan fingerprint density at radius 1 is 0.566 bits per heavy atom. The highest BCUT2D eigenvalue weighted by Crippen LogP contribution is 2.37. The van der Waals surface area contributed by atoms with Crippen molar-refractivity contribution in [2.45, 2.75) is 139 Å². The molecule has 4 fully saturated rings. The van der Waals surface area contributed by atoms with Crippen LogP contribution in [-0.2, 0) is 36.5 Å². The number of fused-ring (bicyclic) bond motifs is 2. The number of aliphatic hydroxyl groups excluding tert-OH is 4. The van der Waals surface area contributed by atoms with Crippen molar-refractivity contribution in [3.63, 3.8) is 0 Å². The first-order valence-electron chi connectivity index (χ1n) is 26.5. The van der Waals surface area contributed by atoms with Crippen molar-refractivity contribution >= 4 is 63.7 Å². The van der Waals surface area contributed by atoms with Gasteiger partial charge in [0.05, 0.1) is 60.9 Å².